The maximum atomic E-state index is 12.5. The summed E-state index contributed by atoms with van der Waals surface area (Å²) in [5.41, 5.74) is -0.0320. The fourth-order valence-corrected chi connectivity index (χ4v) is 3.18. The van der Waals surface area contributed by atoms with Crippen LogP contribution in [0.4, 0.5) is 5.69 Å². The summed E-state index contributed by atoms with van der Waals surface area (Å²) in [6.07, 6.45) is 1.49. The van der Waals surface area contributed by atoms with Crippen LogP contribution in [0.25, 0.3) is 0 Å². The highest BCUT2D eigenvalue weighted by Crippen LogP contribution is 2.13. The van der Waals surface area contributed by atoms with Gasteiger partial charge in [0, 0.05) is 6.07 Å². The minimum absolute atomic E-state index is 0.00825. The molecule has 0 spiro atoms. The molecule has 1 aromatic carbocycles. The van der Waals surface area contributed by atoms with Crippen molar-refractivity contribution in [3.63, 3.8) is 0 Å². The maximum Gasteiger partial charge on any atom is 0.348 e. The minimum atomic E-state index is -1.30. The lowest BCUT2D eigenvalue weighted by Gasteiger charge is -2.06. The zero-order valence-corrected chi connectivity index (χ0v) is 14.9. The van der Waals surface area contributed by atoms with Crippen LogP contribution < -0.4 is 15.5 Å². The number of carbonyl (C=O) groups excluding carboxylic acids is 2. The standard InChI is InChI=1S/C18H14N2O6S/c1-25-17(24)14-9-15(21)20(10-13-3-2-8-26-13)18(27-14)19-12-6-4-11(5-7-12)16(22)23/h2-9H,10H2,1H3,(H,22,23)/p-1. The zero-order chi connectivity index (χ0) is 19.4. The number of nitrogens with zero attached hydrogens (tertiary/aromatic N) is 2. The Bertz CT molecular complexity index is 1090. The zero-order valence-electron chi connectivity index (χ0n) is 14.1. The third kappa shape index (κ3) is 4.21. The molecule has 27 heavy (non-hydrogen) atoms. The Kier molecular flexibility index (Phi) is 5.32. The molecule has 0 aliphatic carbocycles. The van der Waals surface area contributed by atoms with Crippen molar-refractivity contribution in [2.75, 3.05) is 7.11 Å². The van der Waals surface area contributed by atoms with Crippen molar-refractivity contribution in [3.05, 3.63) is 80.1 Å². The number of benzene rings is 1. The first-order valence-electron chi connectivity index (χ1n) is 7.70. The summed E-state index contributed by atoms with van der Waals surface area (Å²) in [7, 11) is 1.22. The van der Waals surface area contributed by atoms with Gasteiger partial charge in [-0.05, 0) is 29.8 Å². The molecule has 0 saturated heterocycles. The summed E-state index contributed by atoms with van der Waals surface area (Å²) in [6.45, 7) is 0.125. The van der Waals surface area contributed by atoms with Crippen LogP contribution in [0.1, 0.15) is 25.8 Å². The largest absolute Gasteiger partial charge is 0.545 e. The number of carbonyl (C=O) groups is 2. The predicted molar refractivity (Wildman–Crippen MR) is 93.7 cm³/mol. The van der Waals surface area contributed by atoms with Crippen molar-refractivity contribution in [1.82, 2.24) is 4.57 Å². The van der Waals surface area contributed by atoms with E-state index in [1.54, 1.807) is 12.1 Å². The van der Waals surface area contributed by atoms with Gasteiger partial charge < -0.3 is 19.1 Å². The van der Waals surface area contributed by atoms with Crippen molar-refractivity contribution >= 4 is 29.0 Å². The van der Waals surface area contributed by atoms with Crippen molar-refractivity contribution in [2.24, 2.45) is 4.99 Å². The minimum Gasteiger partial charge on any atom is -0.545 e. The molecule has 0 saturated carbocycles. The quantitative estimate of drug-likeness (QED) is 0.604. The molecule has 0 unspecified atom stereocenters. The van der Waals surface area contributed by atoms with Gasteiger partial charge in [-0.25, -0.2) is 9.79 Å². The second-order valence-electron chi connectivity index (χ2n) is 5.33. The Balaban J connectivity index is 2.14. The second kappa shape index (κ2) is 7.83. The fourth-order valence-electron chi connectivity index (χ4n) is 2.24. The maximum absolute atomic E-state index is 12.5. The molecule has 8 nitrogen and oxygen atoms in total. The van der Waals surface area contributed by atoms with Crippen molar-refractivity contribution in [3.8, 4) is 0 Å². The topological polar surface area (TPSA) is 114 Å². The van der Waals surface area contributed by atoms with Crippen LogP contribution >= 0.6 is 11.3 Å². The van der Waals surface area contributed by atoms with E-state index in [2.05, 4.69) is 9.73 Å². The molecule has 3 aromatic rings. The highest BCUT2D eigenvalue weighted by atomic mass is 32.1. The summed E-state index contributed by atoms with van der Waals surface area (Å²) < 4.78 is 11.3. The lowest BCUT2D eigenvalue weighted by Crippen LogP contribution is -2.32. The van der Waals surface area contributed by atoms with E-state index in [0.717, 1.165) is 11.3 Å². The summed E-state index contributed by atoms with van der Waals surface area (Å²) in [6, 6.07) is 10.2. The lowest BCUT2D eigenvalue weighted by molar-refractivity contribution is -0.255. The van der Waals surface area contributed by atoms with E-state index in [0.29, 0.717) is 11.4 Å². The third-order valence-electron chi connectivity index (χ3n) is 3.56. The third-order valence-corrected chi connectivity index (χ3v) is 4.56. The van der Waals surface area contributed by atoms with E-state index >= 15 is 0 Å². The number of carboxylic acid groups (broad SMARTS) is 1. The molecule has 0 fully saturated rings. The van der Waals surface area contributed by atoms with Gasteiger partial charge in [0.05, 0.1) is 31.6 Å². The second-order valence-corrected chi connectivity index (χ2v) is 6.34. The molecule has 0 bridgehead atoms. The van der Waals surface area contributed by atoms with Gasteiger partial charge >= 0.3 is 5.97 Å². The number of carboxylic acids is 1. The number of furan rings is 1. The van der Waals surface area contributed by atoms with Crippen molar-refractivity contribution < 1.29 is 23.8 Å². The van der Waals surface area contributed by atoms with Crippen LogP contribution in [0, 0.1) is 0 Å². The Labute approximate surface area is 156 Å². The first-order chi connectivity index (χ1) is 13.0. The number of methoxy groups -OCH3 is 1. The van der Waals surface area contributed by atoms with Crippen LogP contribution in [0.5, 0.6) is 0 Å². The van der Waals surface area contributed by atoms with Crippen LogP contribution in [0.15, 0.2) is 62.9 Å². The number of hydrogen-bond donors (Lipinski definition) is 0. The van der Waals surface area contributed by atoms with E-state index in [1.807, 2.05) is 0 Å². The number of ether oxygens (including phenoxy) is 1. The van der Waals surface area contributed by atoms with Gasteiger partial charge in [-0.3, -0.25) is 9.36 Å². The van der Waals surface area contributed by atoms with E-state index in [9.17, 15) is 19.5 Å². The molecule has 0 aliphatic heterocycles. The van der Waals surface area contributed by atoms with Crippen LogP contribution in [0.2, 0.25) is 0 Å². The molecule has 0 atom stereocenters. The van der Waals surface area contributed by atoms with Crippen LogP contribution in [-0.2, 0) is 11.3 Å². The highest BCUT2D eigenvalue weighted by molar-refractivity contribution is 7.11. The molecule has 2 heterocycles. The predicted octanol–water partition coefficient (Wildman–Crippen LogP) is 0.934. The van der Waals surface area contributed by atoms with Gasteiger partial charge in [-0.1, -0.05) is 23.5 Å². The molecule has 0 aliphatic rings. The van der Waals surface area contributed by atoms with Crippen molar-refractivity contribution in [1.29, 1.82) is 0 Å². The van der Waals surface area contributed by atoms with E-state index in [1.165, 1.54) is 48.3 Å². The first-order valence-corrected chi connectivity index (χ1v) is 8.51. The molecule has 138 valence electrons. The lowest BCUT2D eigenvalue weighted by atomic mass is 10.2. The normalized spacial score (nSPS) is 11.4. The first kappa shape index (κ1) is 18.3. The van der Waals surface area contributed by atoms with E-state index in [-0.39, 0.29) is 21.8 Å². The number of aromatic carboxylic acids is 1. The molecule has 9 heteroatoms. The molecule has 0 amide bonds. The monoisotopic (exact) mass is 385 g/mol. The summed E-state index contributed by atoms with van der Waals surface area (Å²) in [5.74, 6) is -1.41. The number of aromatic nitrogens is 1. The highest BCUT2D eigenvalue weighted by Gasteiger charge is 2.12. The van der Waals surface area contributed by atoms with Gasteiger partial charge in [0.2, 0.25) is 0 Å². The smallest absolute Gasteiger partial charge is 0.348 e. The van der Waals surface area contributed by atoms with Gasteiger partial charge in [-0.15, -0.1) is 0 Å². The SMILES string of the molecule is COC(=O)c1cc(=O)n(Cc2ccco2)c(=Nc2ccc(C(=O)[O-])cc2)s1. The van der Waals surface area contributed by atoms with Crippen LogP contribution in [-0.4, -0.2) is 23.6 Å². The number of rotatable bonds is 5. The van der Waals surface area contributed by atoms with Gasteiger partial charge in [0.15, 0.2) is 4.80 Å². The van der Waals surface area contributed by atoms with Crippen LogP contribution in [0.3, 0.4) is 0 Å². The average Bonchev–Trinajstić information content (AvgIpc) is 3.17. The van der Waals surface area contributed by atoms with Gasteiger partial charge in [0.25, 0.3) is 5.56 Å². The molecule has 3 rings (SSSR count). The molecule has 0 N–H and O–H groups in total. The van der Waals surface area contributed by atoms with Gasteiger partial charge in [-0.2, -0.15) is 0 Å². The Morgan fingerprint density at radius 1 is 1.26 bits per heavy atom. The van der Waals surface area contributed by atoms with Gasteiger partial charge in [0.1, 0.15) is 10.6 Å². The van der Waals surface area contributed by atoms with Crippen molar-refractivity contribution in [2.45, 2.75) is 6.54 Å². The summed E-state index contributed by atoms with van der Waals surface area (Å²) in [5, 5.41) is 10.9. The Hall–Kier alpha value is -3.46. The Morgan fingerprint density at radius 3 is 2.59 bits per heavy atom. The Morgan fingerprint density at radius 2 is 2.00 bits per heavy atom. The summed E-state index contributed by atoms with van der Waals surface area (Å²) in [4.78, 5) is 39.9. The number of esters is 1. The average molecular weight is 385 g/mol. The van der Waals surface area contributed by atoms with E-state index in [4.69, 9.17) is 4.42 Å². The molecular weight excluding hydrogens is 372 g/mol. The molecular formula is C18H13N2O6S-. The fraction of sp³-hybridized carbons (Fsp3) is 0.111. The van der Waals surface area contributed by atoms with E-state index < -0.39 is 17.5 Å². The molecule has 0 radical (unpaired) electrons. The summed E-state index contributed by atoms with van der Waals surface area (Å²) >= 11 is 0.975. The molecule has 2 aromatic heterocycles. The number of hydrogen-bond acceptors (Lipinski definition) is 8.